The molecule has 4 heteroatoms. The van der Waals surface area contributed by atoms with Gasteiger partial charge in [0.1, 0.15) is 0 Å². The van der Waals surface area contributed by atoms with Crippen molar-refractivity contribution in [3.8, 4) is 0 Å². The molecule has 0 radical (unpaired) electrons. The van der Waals surface area contributed by atoms with Crippen molar-refractivity contribution in [1.29, 1.82) is 0 Å². The summed E-state index contributed by atoms with van der Waals surface area (Å²) in [6.45, 7) is 2.59. The van der Waals surface area contributed by atoms with E-state index in [9.17, 15) is 4.79 Å². The van der Waals surface area contributed by atoms with Crippen LogP contribution in [-0.4, -0.2) is 39.8 Å². The fourth-order valence-corrected chi connectivity index (χ4v) is 2.74. The number of rotatable bonds is 8. The Morgan fingerprint density at radius 2 is 2.09 bits per heavy atom. The molecule has 0 aromatic heterocycles. The zero-order chi connectivity index (χ0) is 15.8. The quantitative estimate of drug-likeness (QED) is 0.751. The minimum absolute atomic E-state index is 0.152. The smallest absolute Gasteiger partial charge is 0.220 e. The molecule has 1 saturated heterocycles. The molecular weight excluding hydrogens is 276 g/mol. The van der Waals surface area contributed by atoms with Gasteiger partial charge in [0, 0.05) is 46.0 Å². The van der Waals surface area contributed by atoms with Gasteiger partial charge < -0.3 is 15.0 Å². The highest BCUT2D eigenvalue weighted by atomic mass is 16.5. The maximum absolute atomic E-state index is 11.8. The molecular formula is C18H28N2O2. The van der Waals surface area contributed by atoms with Gasteiger partial charge in [-0.2, -0.15) is 0 Å². The zero-order valence-electron chi connectivity index (χ0n) is 13.8. The van der Waals surface area contributed by atoms with E-state index in [-0.39, 0.29) is 5.91 Å². The maximum atomic E-state index is 11.8. The van der Waals surface area contributed by atoms with Gasteiger partial charge in [-0.1, -0.05) is 12.1 Å². The summed E-state index contributed by atoms with van der Waals surface area (Å²) in [6.07, 6.45) is 4.75. The number of amides is 1. The Morgan fingerprint density at radius 3 is 2.73 bits per heavy atom. The molecule has 1 N–H and O–H groups in total. The van der Waals surface area contributed by atoms with Crippen molar-refractivity contribution in [3.05, 3.63) is 29.8 Å². The minimum atomic E-state index is 0.152. The Morgan fingerprint density at radius 1 is 1.32 bits per heavy atom. The van der Waals surface area contributed by atoms with Crippen LogP contribution in [0.4, 0.5) is 5.69 Å². The molecule has 0 unspecified atom stereocenters. The van der Waals surface area contributed by atoms with E-state index in [1.165, 1.54) is 17.7 Å². The summed E-state index contributed by atoms with van der Waals surface area (Å²) in [5.41, 5.74) is 2.40. The van der Waals surface area contributed by atoms with E-state index in [0.717, 1.165) is 39.0 Å². The van der Waals surface area contributed by atoms with Crippen LogP contribution < -0.4 is 10.2 Å². The van der Waals surface area contributed by atoms with Crippen molar-refractivity contribution >= 4 is 11.6 Å². The summed E-state index contributed by atoms with van der Waals surface area (Å²) in [7, 11) is 4.06. The third-order valence-electron chi connectivity index (χ3n) is 4.23. The van der Waals surface area contributed by atoms with E-state index in [4.69, 9.17) is 4.74 Å². The minimum Gasteiger partial charge on any atom is -0.381 e. The molecule has 1 aliphatic heterocycles. The van der Waals surface area contributed by atoms with Crippen LogP contribution in [0.25, 0.3) is 0 Å². The summed E-state index contributed by atoms with van der Waals surface area (Å²) >= 11 is 0. The lowest BCUT2D eigenvalue weighted by Crippen LogP contribution is -2.25. The van der Waals surface area contributed by atoms with E-state index >= 15 is 0 Å². The highest BCUT2D eigenvalue weighted by Crippen LogP contribution is 2.17. The number of nitrogens with one attached hydrogen (secondary N) is 1. The van der Waals surface area contributed by atoms with Crippen LogP contribution in [0.5, 0.6) is 0 Å². The van der Waals surface area contributed by atoms with Gasteiger partial charge in [-0.05, 0) is 49.3 Å². The lowest BCUT2D eigenvalue weighted by atomic mass is 10.0. The second-order valence-corrected chi connectivity index (χ2v) is 6.28. The summed E-state index contributed by atoms with van der Waals surface area (Å²) in [5, 5.41) is 3.02. The molecule has 0 bridgehead atoms. The van der Waals surface area contributed by atoms with Crippen molar-refractivity contribution in [1.82, 2.24) is 5.32 Å². The standard InChI is InChI=1S/C18H28N2O2/c1-20(2)17-8-5-15(6-9-17)7-10-18(21)19-12-3-4-16-11-13-22-14-16/h5-6,8-9,16H,3-4,7,10-14H2,1-2H3,(H,19,21)/t16-/m0/s1. The SMILES string of the molecule is CN(C)c1ccc(CCC(=O)NCCC[C@H]2CCOC2)cc1. The van der Waals surface area contributed by atoms with Crippen LogP contribution in [0.1, 0.15) is 31.2 Å². The fourth-order valence-electron chi connectivity index (χ4n) is 2.74. The highest BCUT2D eigenvalue weighted by molar-refractivity contribution is 5.76. The van der Waals surface area contributed by atoms with Crippen LogP contribution >= 0.6 is 0 Å². The van der Waals surface area contributed by atoms with E-state index in [2.05, 4.69) is 34.5 Å². The lowest BCUT2D eigenvalue weighted by Gasteiger charge is -2.12. The van der Waals surface area contributed by atoms with Gasteiger partial charge in [0.05, 0.1) is 0 Å². The number of carbonyl (C=O) groups is 1. The summed E-state index contributed by atoms with van der Waals surface area (Å²) in [4.78, 5) is 13.9. The van der Waals surface area contributed by atoms with Crippen molar-refractivity contribution in [2.45, 2.75) is 32.1 Å². The predicted octanol–water partition coefficient (Wildman–Crippen LogP) is 2.62. The summed E-state index contributed by atoms with van der Waals surface area (Å²) < 4.78 is 5.36. The first-order valence-corrected chi connectivity index (χ1v) is 8.26. The van der Waals surface area contributed by atoms with Gasteiger partial charge in [0.2, 0.25) is 5.91 Å². The van der Waals surface area contributed by atoms with Gasteiger partial charge >= 0.3 is 0 Å². The van der Waals surface area contributed by atoms with Crippen molar-refractivity contribution in [3.63, 3.8) is 0 Å². The largest absolute Gasteiger partial charge is 0.381 e. The van der Waals surface area contributed by atoms with Gasteiger partial charge in [0.15, 0.2) is 0 Å². The Balaban J connectivity index is 1.58. The molecule has 1 heterocycles. The molecule has 1 fully saturated rings. The number of anilines is 1. The third-order valence-corrected chi connectivity index (χ3v) is 4.23. The van der Waals surface area contributed by atoms with Crippen LogP contribution in [0, 0.1) is 5.92 Å². The number of carbonyl (C=O) groups excluding carboxylic acids is 1. The van der Waals surface area contributed by atoms with E-state index in [1.54, 1.807) is 0 Å². The molecule has 1 aromatic carbocycles. The van der Waals surface area contributed by atoms with Gasteiger partial charge in [-0.25, -0.2) is 0 Å². The first kappa shape index (κ1) is 16.8. The predicted molar refractivity (Wildman–Crippen MR) is 90.3 cm³/mol. The maximum Gasteiger partial charge on any atom is 0.220 e. The summed E-state index contributed by atoms with van der Waals surface area (Å²) in [6, 6.07) is 8.39. The topological polar surface area (TPSA) is 41.6 Å². The molecule has 1 aromatic rings. The van der Waals surface area contributed by atoms with Crippen molar-refractivity contribution in [2.24, 2.45) is 5.92 Å². The van der Waals surface area contributed by atoms with Gasteiger partial charge in [-0.15, -0.1) is 0 Å². The Bertz CT molecular complexity index is 451. The van der Waals surface area contributed by atoms with Gasteiger partial charge in [-0.3, -0.25) is 4.79 Å². The van der Waals surface area contributed by atoms with E-state index < -0.39 is 0 Å². The molecule has 1 aliphatic rings. The molecule has 1 atom stereocenters. The molecule has 0 saturated carbocycles. The third kappa shape index (κ3) is 5.68. The van der Waals surface area contributed by atoms with Crippen LogP contribution in [0.15, 0.2) is 24.3 Å². The molecule has 0 spiro atoms. The van der Waals surface area contributed by atoms with Crippen LogP contribution in [-0.2, 0) is 16.0 Å². The fraction of sp³-hybridized carbons (Fsp3) is 0.611. The molecule has 122 valence electrons. The van der Waals surface area contributed by atoms with Crippen molar-refractivity contribution < 1.29 is 9.53 Å². The molecule has 0 aliphatic carbocycles. The van der Waals surface area contributed by atoms with Crippen molar-refractivity contribution in [2.75, 3.05) is 38.8 Å². The lowest BCUT2D eigenvalue weighted by molar-refractivity contribution is -0.121. The number of benzene rings is 1. The average Bonchev–Trinajstić information content (AvgIpc) is 3.03. The number of hydrogen-bond acceptors (Lipinski definition) is 3. The second-order valence-electron chi connectivity index (χ2n) is 6.28. The van der Waals surface area contributed by atoms with Gasteiger partial charge in [0.25, 0.3) is 0 Å². The highest BCUT2D eigenvalue weighted by Gasteiger charge is 2.14. The molecule has 22 heavy (non-hydrogen) atoms. The Labute approximate surface area is 133 Å². The first-order chi connectivity index (χ1) is 10.6. The molecule has 1 amide bonds. The Kier molecular flexibility index (Phi) is 6.72. The average molecular weight is 304 g/mol. The molecule has 2 rings (SSSR count). The second kappa shape index (κ2) is 8.79. The van der Waals surface area contributed by atoms with Crippen LogP contribution in [0.3, 0.4) is 0 Å². The number of hydrogen-bond donors (Lipinski definition) is 1. The molecule has 4 nitrogen and oxygen atoms in total. The van der Waals surface area contributed by atoms with Crippen LogP contribution in [0.2, 0.25) is 0 Å². The van der Waals surface area contributed by atoms with E-state index in [0.29, 0.717) is 12.3 Å². The zero-order valence-corrected chi connectivity index (χ0v) is 13.8. The Hall–Kier alpha value is -1.55. The number of ether oxygens (including phenoxy) is 1. The normalized spacial score (nSPS) is 17.5. The van der Waals surface area contributed by atoms with E-state index in [1.807, 2.05) is 14.1 Å². The number of nitrogens with zero attached hydrogens (tertiary/aromatic N) is 1. The first-order valence-electron chi connectivity index (χ1n) is 8.26. The monoisotopic (exact) mass is 304 g/mol. The summed E-state index contributed by atoms with van der Waals surface area (Å²) in [5.74, 6) is 0.853. The number of aryl methyl sites for hydroxylation is 1.